The second-order valence-corrected chi connectivity index (χ2v) is 1.95. The van der Waals surface area contributed by atoms with Gasteiger partial charge in [0.2, 0.25) is 0 Å². The highest BCUT2D eigenvalue weighted by atomic mass is 16.5. The Kier molecular flexibility index (Phi) is 0.887. The molecule has 0 bridgehead atoms. The minimum Gasteiger partial charge on any atom is -0.364 e. The summed E-state index contributed by atoms with van der Waals surface area (Å²) in [4.78, 5) is 2.86. The van der Waals surface area contributed by atoms with Crippen molar-refractivity contribution in [2.24, 2.45) is 0 Å². The summed E-state index contributed by atoms with van der Waals surface area (Å²) < 4.78 is 4.85. The van der Waals surface area contributed by atoms with Crippen LogP contribution in [0.15, 0.2) is 16.9 Å². The Labute approximate surface area is 56.3 Å². The smallest absolute Gasteiger partial charge is 0.184 e. The Morgan fingerprint density at radius 2 is 2.50 bits per heavy atom. The monoisotopic (exact) mass is 135 g/mol. The lowest BCUT2D eigenvalue weighted by molar-refractivity contribution is 0.454. The standard InChI is InChI=1S/C6H5N3O/c7-1-5-4-2-8-3-6(4)10-9-5/h1-3,7-8H. The second kappa shape index (κ2) is 1.70. The number of nitrogens with one attached hydrogen (secondary N) is 2. The van der Waals surface area contributed by atoms with Gasteiger partial charge in [0.15, 0.2) is 5.58 Å². The van der Waals surface area contributed by atoms with Crippen LogP contribution in [-0.4, -0.2) is 16.4 Å². The Morgan fingerprint density at radius 1 is 1.60 bits per heavy atom. The van der Waals surface area contributed by atoms with Crippen molar-refractivity contribution in [3.05, 3.63) is 18.1 Å². The fourth-order valence-electron chi connectivity index (χ4n) is 0.877. The van der Waals surface area contributed by atoms with E-state index in [1.807, 2.05) is 0 Å². The second-order valence-electron chi connectivity index (χ2n) is 1.95. The van der Waals surface area contributed by atoms with Crippen molar-refractivity contribution >= 4 is 17.2 Å². The van der Waals surface area contributed by atoms with Crippen LogP contribution in [0, 0.1) is 5.41 Å². The summed E-state index contributed by atoms with van der Waals surface area (Å²) in [7, 11) is 0. The summed E-state index contributed by atoms with van der Waals surface area (Å²) in [6, 6.07) is 0. The van der Waals surface area contributed by atoms with E-state index in [9.17, 15) is 0 Å². The molecule has 50 valence electrons. The molecule has 0 amide bonds. The number of hydrogen-bond acceptors (Lipinski definition) is 3. The van der Waals surface area contributed by atoms with E-state index in [1.165, 1.54) is 6.21 Å². The average Bonchev–Trinajstić information content (AvgIpc) is 2.44. The number of rotatable bonds is 1. The molecule has 4 heteroatoms. The van der Waals surface area contributed by atoms with Crippen molar-refractivity contribution in [2.45, 2.75) is 0 Å². The third-order valence-corrected chi connectivity index (χ3v) is 1.36. The number of aromatic amines is 1. The zero-order chi connectivity index (χ0) is 6.97. The summed E-state index contributed by atoms with van der Waals surface area (Å²) in [5.74, 6) is 0. The van der Waals surface area contributed by atoms with Gasteiger partial charge in [-0.1, -0.05) is 5.16 Å². The van der Waals surface area contributed by atoms with E-state index in [0.29, 0.717) is 11.3 Å². The van der Waals surface area contributed by atoms with Gasteiger partial charge in [-0.15, -0.1) is 0 Å². The molecule has 0 unspecified atom stereocenters. The number of H-pyrrole nitrogens is 1. The molecule has 0 aliphatic carbocycles. The summed E-state index contributed by atoms with van der Waals surface area (Å²) in [5.41, 5.74) is 1.26. The lowest BCUT2D eigenvalue weighted by Crippen LogP contribution is -1.75. The molecule has 2 heterocycles. The number of hydrogen-bond donors (Lipinski definition) is 2. The largest absolute Gasteiger partial charge is 0.364 e. The van der Waals surface area contributed by atoms with Crippen molar-refractivity contribution in [3.8, 4) is 0 Å². The van der Waals surface area contributed by atoms with Gasteiger partial charge in [0, 0.05) is 18.6 Å². The Hall–Kier alpha value is -1.58. The van der Waals surface area contributed by atoms with E-state index in [1.54, 1.807) is 12.4 Å². The van der Waals surface area contributed by atoms with Gasteiger partial charge in [-0.25, -0.2) is 0 Å². The molecule has 0 aliphatic rings. The molecule has 2 aromatic heterocycles. The molecule has 0 atom stereocenters. The van der Waals surface area contributed by atoms with E-state index >= 15 is 0 Å². The maximum Gasteiger partial charge on any atom is 0.184 e. The predicted octanol–water partition coefficient (Wildman–Crippen LogP) is 1.15. The zero-order valence-corrected chi connectivity index (χ0v) is 5.09. The van der Waals surface area contributed by atoms with Gasteiger partial charge < -0.3 is 14.9 Å². The first-order valence-corrected chi connectivity index (χ1v) is 2.84. The Bertz CT molecular complexity index is 360. The lowest BCUT2D eigenvalue weighted by Gasteiger charge is -1.73. The van der Waals surface area contributed by atoms with Crippen LogP contribution in [0.4, 0.5) is 0 Å². The van der Waals surface area contributed by atoms with Crippen LogP contribution in [0.1, 0.15) is 5.69 Å². The highest BCUT2D eigenvalue weighted by Gasteiger charge is 2.04. The molecule has 0 saturated heterocycles. The summed E-state index contributed by atoms with van der Waals surface area (Å²) in [6.45, 7) is 0. The van der Waals surface area contributed by atoms with Gasteiger partial charge in [-0.2, -0.15) is 0 Å². The summed E-state index contributed by atoms with van der Waals surface area (Å²) in [5, 5.41) is 11.4. The minimum atomic E-state index is 0.566. The van der Waals surface area contributed by atoms with Gasteiger partial charge in [0.1, 0.15) is 5.69 Å². The van der Waals surface area contributed by atoms with Gasteiger partial charge in [0.05, 0.1) is 5.39 Å². The molecule has 0 spiro atoms. The van der Waals surface area contributed by atoms with Crippen LogP contribution in [0.2, 0.25) is 0 Å². The van der Waals surface area contributed by atoms with E-state index < -0.39 is 0 Å². The normalized spacial score (nSPS) is 10.4. The topological polar surface area (TPSA) is 65.7 Å². The minimum absolute atomic E-state index is 0.566. The third kappa shape index (κ3) is 0.500. The molecule has 0 radical (unpaired) electrons. The number of fused-ring (bicyclic) bond motifs is 1. The van der Waals surface area contributed by atoms with Gasteiger partial charge in [-0.05, 0) is 0 Å². The van der Waals surface area contributed by atoms with Crippen molar-refractivity contribution < 1.29 is 4.52 Å². The van der Waals surface area contributed by atoms with Crippen LogP contribution in [0.25, 0.3) is 11.0 Å². The van der Waals surface area contributed by atoms with Crippen LogP contribution < -0.4 is 0 Å². The molecule has 10 heavy (non-hydrogen) atoms. The number of nitrogens with zero attached hydrogens (tertiary/aromatic N) is 1. The first kappa shape index (κ1) is 5.22. The Morgan fingerprint density at radius 3 is 3.30 bits per heavy atom. The van der Waals surface area contributed by atoms with Gasteiger partial charge >= 0.3 is 0 Å². The third-order valence-electron chi connectivity index (χ3n) is 1.36. The fourth-order valence-corrected chi connectivity index (χ4v) is 0.877. The highest BCUT2D eigenvalue weighted by Crippen LogP contribution is 2.14. The molecular formula is C6H5N3O. The van der Waals surface area contributed by atoms with E-state index in [0.717, 1.165) is 5.39 Å². The van der Waals surface area contributed by atoms with Crippen LogP contribution >= 0.6 is 0 Å². The molecule has 0 aliphatic heterocycles. The molecular weight excluding hydrogens is 130 g/mol. The van der Waals surface area contributed by atoms with E-state index in [-0.39, 0.29) is 0 Å². The molecule has 0 fully saturated rings. The average molecular weight is 135 g/mol. The fraction of sp³-hybridized carbons (Fsp3) is 0. The molecule has 2 rings (SSSR count). The number of aromatic nitrogens is 2. The van der Waals surface area contributed by atoms with Crippen molar-refractivity contribution in [3.63, 3.8) is 0 Å². The molecule has 0 aromatic carbocycles. The van der Waals surface area contributed by atoms with Crippen LogP contribution in [0.5, 0.6) is 0 Å². The van der Waals surface area contributed by atoms with Gasteiger partial charge in [0.25, 0.3) is 0 Å². The quantitative estimate of drug-likeness (QED) is 0.576. The highest BCUT2D eigenvalue weighted by molar-refractivity contribution is 5.94. The van der Waals surface area contributed by atoms with Crippen LogP contribution in [0.3, 0.4) is 0 Å². The van der Waals surface area contributed by atoms with Crippen molar-refractivity contribution in [1.82, 2.24) is 10.1 Å². The molecule has 2 N–H and O–H groups in total. The van der Waals surface area contributed by atoms with Gasteiger partial charge in [-0.3, -0.25) is 0 Å². The Balaban J connectivity index is 2.88. The van der Waals surface area contributed by atoms with Crippen LogP contribution in [-0.2, 0) is 0 Å². The maximum absolute atomic E-state index is 6.92. The van der Waals surface area contributed by atoms with E-state index in [4.69, 9.17) is 9.93 Å². The first-order chi connectivity index (χ1) is 4.92. The molecule has 4 nitrogen and oxygen atoms in total. The van der Waals surface area contributed by atoms with E-state index in [2.05, 4.69) is 10.1 Å². The maximum atomic E-state index is 6.92. The molecule has 0 saturated carbocycles. The van der Waals surface area contributed by atoms with Crippen molar-refractivity contribution in [1.29, 1.82) is 5.41 Å². The lowest BCUT2D eigenvalue weighted by atomic mass is 10.3. The summed E-state index contributed by atoms with van der Waals surface area (Å²) >= 11 is 0. The summed E-state index contributed by atoms with van der Waals surface area (Å²) in [6.07, 6.45) is 4.63. The zero-order valence-electron chi connectivity index (χ0n) is 5.09. The molecule has 2 aromatic rings. The van der Waals surface area contributed by atoms with Crippen molar-refractivity contribution in [2.75, 3.05) is 0 Å². The first-order valence-electron chi connectivity index (χ1n) is 2.84. The predicted molar refractivity (Wildman–Crippen MR) is 36.2 cm³/mol. The SMILES string of the molecule is N=Cc1noc2c[nH]cc12.